The van der Waals surface area contributed by atoms with Gasteiger partial charge < -0.3 is 4.74 Å². The van der Waals surface area contributed by atoms with Crippen molar-refractivity contribution in [2.45, 2.75) is 11.1 Å². The number of nitrogens with one attached hydrogen (secondary N) is 1. The summed E-state index contributed by atoms with van der Waals surface area (Å²) in [6.07, 6.45) is 0. The highest BCUT2D eigenvalue weighted by atomic mass is 35.5. The van der Waals surface area contributed by atoms with Crippen molar-refractivity contribution in [3.63, 3.8) is 0 Å². The SMILES string of the molecule is COCCNS(=O)(=O)c1cc(C)c(Cl)s1. The molecule has 0 unspecified atom stereocenters. The van der Waals surface area contributed by atoms with E-state index in [1.165, 1.54) is 7.11 Å². The standard InChI is InChI=1S/C8H12ClNO3S2/c1-6-5-7(14-8(6)9)15(11,12)10-3-4-13-2/h5,10H,3-4H2,1-2H3. The van der Waals surface area contributed by atoms with Gasteiger partial charge in [0, 0.05) is 13.7 Å². The van der Waals surface area contributed by atoms with Crippen molar-refractivity contribution >= 4 is 33.0 Å². The molecule has 86 valence electrons. The molecule has 0 spiro atoms. The van der Waals surface area contributed by atoms with Crippen molar-refractivity contribution in [3.8, 4) is 0 Å². The van der Waals surface area contributed by atoms with Crippen molar-refractivity contribution in [2.75, 3.05) is 20.3 Å². The molecule has 0 radical (unpaired) electrons. The summed E-state index contributed by atoms with van der Waals surface area (Å²) in [6, 6.07) is 1.56. The number of halogens is 1. The van der Waals surface area contributed by atoms with Gasteiger partial charge in [0.15, 0.2) is 0 Å². The van der Waals surface area contributed by atoms with Crippen LogP contribution in [-0.2, 0) is 14.8 Å². The Hall–Kier alpha value is -0.140. The Kier molecular flexibility index (Phi) is 4.54. The second kappa shape index (κ2) is 5.27. The van der Waals surface area contributed by atoms with Crippen LogP contribution in [0.4, 0.5) is 0 Å². The highest BCUT2D eigenvalue weighted by molar-refractivity contribution is 7.91. The van der Waals surface area contributed by atoms with Gasteiger partial charge in [0.05, 0.1) is 10.9 Å². The van der Waals surface area contributed by atoms with Gasteiger partial charge in [-0.25, -0.2) is 13.1 Å². The first-order chi connectivity index (χ1) is 6.97. The maximum atomic E-state index is 11.7. The van der Waals surface area contributed by atoms with Gasteiger partial charge in [-0.2, -0.15) is 0 Å². The predicted molar refractivity (Wildman–Crippen MR) is 61.1 cm³/mol. The normalized spacial score (nSPS) is 11.9. The van der Waals surface area contributed by atoms with E-state index in [1.807, 2.05) is 0 Å². The van der Waals surface area contributed by atoms with E-state index in [4.69, 9.17) is 16.3 Å². The Morgan fingerprint density at radius 2 is 2.27 bits per heavy atom. The molecule has 1 aromatic heterocycles. The van der Waals surface area contributed by atoms with Gasteiger partial charge >= 0.3 is 0 Å². The van der Waals surface area contributed by atoms with Crippen LogP contribution in [0, 0.1) is 6.92 Å². The molecule has 0 aliphatic carbocycles. The monoisotopic (exact) mass is 269 g/mol. The molecule has 0 saturated carbocycles. The quantitative estimate of drug-likeness (QED) is 0.827. The molecule has 0 atom stereocenters. The van der Waals surface area contributed by atoms with Crippen LogP contribution in [0.2, 0.25) is 4.34 Å². The van der Waals surface area contributed by atoms with E-state index < -0.39 is 10.0 Å². The molecule has 1 N–H and O–H groups in total. The first-order valence-corrected chi connectivity index (χ1v) is 6.89. The average Bonchev–Trinajstić information content (AvgIpc) is 2.48. The molecule has 0 aromatic carbocycles. The molecule has 1 rings (SSSR count). The zero-order valence-electron chi connectivity index (χ0n) is 8.41. The molecule has 0 amide bonds. The van der Waals surface area contributed by atoms with Crippen molar-refractivity contribution < 1.29 is 13.2 Å². The topological polar surface area (TPSA) is 55.4 Å². The molecule has 0 aliphatic rings. The number of methoxy groups -OCH3 is 1. The van der Waals surface area contributed by atoms with Crippen molar-refractivity contribution in [3.05, 3.63) is 16.0 Å². The number of ether oxygens (including phenoxy) is 1. The third-order valence-corrected chi connectivity index (χ3v) is 5.19. The minimum absolute atomic E-state index is 0.237. The molecule has 0 bridgehead atoms. The van der Waals surface area contributed by atoms with E-state index >= 15 is 0 Å². The van der Waals surface area contributed by atoms with Crippen molar-refractivity contribution in [1.29, 1.82) is 0 Å². The van der Waals surface area contributed by atoms with Crippen molar-refractivity contribution in [2.24, 2.45) is 0 Å². The lowest BCUT2D eigenvalue weighted by Crippen LogP contribution is -2.26. The van der Waals surface area contributed by atoms with Gasteiger partial charge in [0.2, 0.25) is 10.0 Å². The van der Waals surface area contributed by atoms with E-state index in [0.717, 1.165) is 16.9 Å². The second-order valence-electron chi connectivity index (χ2n) is 2.91. The molecule has 7 heteroatoms. The molecular formula is C8H12ClNO3S2. The number of aryl methyl sites for hydroxylation is 1. The number of thiophene rings is 1. The van der Waals surface area contributed by atoms with E-state index in [-0.39, 0.29) is 10.8 Å². The Morgan fingerprint density at radius 3 is 2.73 bits per heavy atom. The van der Waals surface area contributed by atoms with E-state index in [9.17, 15) is 8.42 Å². The number of hydrogen-bond acceptors (Lipinski definition) is 4. The van der Waals surface area contributed by atoms with Crippen LogP contribution >= 0.6 is 22.9 Å². The summed E-state index contributed by atoms with van der Waals surface area (Å²) in [6.45, 7) is 2.37. The highest BCUT2D eigenvalue weighted by Crippen LogP contribution is 2.29. The largest absolute Gasteiger partial charge is 0.383 e. The Labute approximate surface area is 98.3 Å². The summed E-state index contributed by atoms with van der Waals surface area (Å²) < 4.78 is 31.2. The van der Waals surface area contributed by atoms with Crippen LogP contribution in [-0.4, -0.2) is 28.7 Å². The Bertz CT molecular complexity index is 408. The lowest BCUT2D eigenvalue weighted by Gasteiger charge is -2.02. The Morgan fingerprint density at radius 1 is 1.60 bits per heavy atom. The van der Waals surface area contributed by atoms with Gasteiger partial charge in [-0.3, -0.25) is 0 Å². The third-order valence-electron chi connectivity index (χ3n) is 1.70. The maximum Gasteiger partial charge on any atom is 0.250 e. The third kappa shape index (κ3) is 3.42. The van der Waals surface area contributed by atoms with Crippen LogP contribution in [0.5, 0.6) is 0 Å². The summed E-state index contributed by atoms with van der Waals surface area (Å²) in [5.41, 5.74) is 0.772. The fourth-order valence-electron chi connectivity index (χ4n) is 0.913. The summed E-state index contributed by atoms with van der Waals surface area (Å²) in [7, 11) is -1.92. The van der Waals surface area contributed by atoms with E-state index in [0.29, 0.717) is 10.9 Å². The highest BCUT2D eigenvalue weighted by Gasteiger charge is 2.17. The molecular weight excluding hydrogens is 258 g/mol. The average molecular weight is 270 g/mol. The fraction of sp³-hybridized carbons (Fsp3) is 0.500. The first kappa shape index (κ1) is 12.9. The van der Waals surface area contributed by atoms with Gasteiger partial charge in [0.25, 0.3) is 0 Å². The summed E-state index contributed by atoms with van der Waals surface area (Å²) >= 11 is 6.85. The predicted octanol–water partition coefficient (Wildman–Crippen LogP) is 1.63. The molecule has 4 nitrogen and oxygen atoms in total. The lowest BCUT2D eigenvalue weighted by atomic mass is 10.4. The van der Waals surface area contributed by atoms with Crippen LogP contribution < -0.4 is 4.72 Å². The first-order valence-electron chi connectivity index (χ1n) is 4.22. The lowest BCUT2D eigenvalue weighted by molar-refractivity contribution is 0.204. The van der Waals surface area contributed by atoms with Gasteiger partial charge in [-0.1, -0.05) is 11.6 Å². The maximum absolute atomic E-state index is 11.7. The van der Waals surface area contributed by atoms with Crippen LogP contribution in [0.25, 0.3) is 0 Å². The zero-order chi connectivity index (χ0) is 11.5. The molecule has 15 heavy (non-hydrogen) atoms. The summed E-state index contributed by atoms with van der Waals surface area (Å²) in [5, 5.41) is 0. The van der Waals surface area contributed by atoms with Gasteiger partial charge in [0.1, 0.15) is 4.21 Å². The van der Waals surface area contributed by atoms with Gasteiger partial charge in [-0.15, -0.1) is 11.3 Å². The number of hydrogen-bond donors (Lipinski definition) is 1. The molecule has 1 heterocycles. The molecule has 0 fully saturated rings. The van der Waals surface area contributed by atoms with E-state index in [1.54, 1.807) is 13.0 Å². The smallest absolute Gasteiger partial charge is 0.250 e. The zero-order valence-corrected chi connectivity index (χ0v) is 10.8. The molecule has 0 saturated heterocycles. The summed E-state index contributed by atoms with van der Waals surface area (Å²) in [5.74, 6) is 0. The van der Waals surface area contributed by atoms with Crippen LogP contribution in [0.3, 0.4) is 0 Å². The van der Waals surface area contributed by atoms with Crippen LogP contribution in [0.15, 0.2) is 10.3 Å². The molecule has 0 aliphatic heterocycles. The van der Waals surface area contributed by atoms with E-state index in [2.05, 4.69) is 4.72 Å². The fourth-order valence-corrected chi connectivity index (χ4v) is 3.68. The second-order valence-corrected chi connectivity index (χ2v) is 6.56. The Balaban J connectivity index is 2.77. The summed E-state index contributed by atoms with van der Waals surface area (Å²) in [4.78, 5) is 0. The minimum Gasteiger partial charge on any atom is -0.383 e. The molecule has 1 aromatic rings. The number of rotatable bonds is 5. The number of sulfonamides is 1. The van der Waals surface area contributed by atoms with Crippen LogP contribution in [0.1, 0.15) is 5.56 Å². The minimum atomic E-state index is -3.43. The van der Waals surface area contributed by atoms with Gasteiger partial charge in [-0.05, 0) is 18.6 Å². The van der Waals surface area contributed by atoms with Crippen molar-refractivity contribution in [1.82, 2.24) is 4.72 Å².